The number of nitrogens with two attached hydrogens (primary N) is 1. The van der Waals surface area contributed by atoms with Gasteiger partial charge in [-0.15, -0.1) is 0 Å². The molecule has 0 aromatic rings. The monoisotopic (exact) mass is 118 g/mol. The molecular formula is C4H10N2O2. The van der Waals surface area contributed by atoms with E-state index in [4.69, 9.17) is 5.73 Å². The summed E-state index contributed by atoms with van der Waals surface area (Å²) in [6, 6.07) is 0. The largest absolute Gasteiger partial charge is 0.627 e. The zero-order valence-corrected chi connectivity index (χ0v) is 4.81. The van der Waals surface area contributed by atoms with Crippen molar-refractivity contribution in [1.82, 2.24) is 0 Å². The van der Waals surface area contributed by atoms with Crippen LogP contribution in [-0.2, 0) is 4.79 Å². The normalized spacial score (nSPS) is 13.4. The number of likely N-dealkylation sites (N-methyl/N-ethyl adjacent to an activating group) is 1. The average molecular weight is 118 g/mol. The molecule has 0 aliphatic heterocycles. The summed E-state index contributed by atoms with van der Waals surface area (Å²) >= 11 is 0. The summed E-state index contributed by atoms with van der Waals surface area (Å²) in [4.78, 5) is 10.3. The summed E-state index contributed by atoms with van der Waals surface area (Å²) in [7, 11) is 0. The lowest BCUT2D eigenvalue weighted by Gasteiger charge is -2.15. The van der Waals surface area contributed by atoms with Crippen LogP contribution in [0.15, 0.2) is 0 Å². The number of rotatable bonds is 2. The molecule has 0 bridgehead atoms. The van der Waals surface area contributed by atoms with Gasteiger partial charge in [-0.3, -0.25) is 0 Å². The standard InChI is InChI=1S/C4H10N2O2/c1-2-6(8)4(7)3-5/h6H,2-3,5H2,1H3. The highest BCUT2D eigenvalue weighted by Crippen LogP contribution is 1.46. The molecule has 0 spiro atoms. The SMILES string of the molecule is CC[NH+]([O-])C(=O)CN. The highest BCUT2D eigenvalue weighted by molar-refractivity contribution is 5.68. The maximum Gasteiger partial charge on any atom is 0.325 e. The Labute approximate surface area is 47.8 Å². The van der Waals surface area contributed by atoms with Crippen LogP contribution in [0, 0.1) is 5.21 Å². The second kappa shape index (κ2) is 3.54. The molecule has 0 aromatic carbocycles. The number of amides is 1. The first-order valence-electron chi connectivity index (χ1n) is 2.48. The molecule has 0 rings (SSSR count). The van der Waals surface area contributed by atoms with Gasteiger partial charge < -0.3 is 16.0 Å². The van der Waals surface area contributed by atoms with Gasteiger partial charge in [0.05, 0.1) is 6.54 Å². The van der Waals surface area contributed by atoms with E-state index in [1.165, 1.54) is 0 Å². The number of nitrogens with one attached hydrogen (secondary N) is 1. The summed E-state index contributed by atoms with van der Waals surface area (Å²) < 4.78 is 0. The second-order valence-electron chi connectivity index (χ2n) is 1.40. The number of hydroxylamine groups is 2. The first-order chi connectivity index (χ1) is 3.72. The van der Waals surface area contributed by atoms with Gasteiger partial charge in [-0.2, -0.15) is 0 Å². The first-order valence-corrected chi connectivity index (χ1v) is 2.48. The molecule has 0 heterocycles. The molecule has 0 fully saturated rings. The van der Waals surface area contributed by atoms with Gasteiger partial charge >= 0.3 is 5.91 Å². The molecule has 48 valence electrons. The van der Waals surface area contributed by atoms with Crippen LogP contribution in [0.25, 0.3) is 0 Å². The van der Waals surface area contributed by atoms with E-state index in [2.05, 4.69) is 0 Å². The maximum atomic E-state index is 10.3. The van der Waals surface area contributed by atoms with E-state index in [9.17, 15) is 10.0 Å². The molecule has 8 heavy (non-hydrogen) atoms. The lowest BCUT2D eigenvalue weighted by molar-refractivity contribution is -0.762. The van der Waals surface area contributed by atoms with Gasteiger partial charge in [0.2, 0.25) is 0 Å². The predicted molar refractivity (Wildman–Crippen MR) is 28.9 cm³/mol. The van der Waals surface area contributed by atoms with Crippen LogP contribution in [0.2, 0.25) is 0 Å². The zero-order chi connectivity index (χ0) is 6.57. The Morgan fingerprint density at radius 1 is 1.88 bits per heavy atom. The van der Waals surface area contributed by atoms with E-state index in [1.54, 1.807) is 6.92 Å². The molecule has 0 aliphatic carbocycles. The van der Waals surface area contributed by atoms with Crippen LogP contribution >= 0.6 is 0 Å². The van der Waals surface area contributed by atoms with Crippen molar-refractivity contribution in [2.75, 3.05) is 13.1 Å². The van der Waals surface area contributed by atoms with Crippen molar-refractivity contribution in [3.8, 4) is 0 Å². The summed E-state index contributed by atoms with van der Waals surface area (Å²) in [6.45, 7) is 1.73. The fourth-order valence-electron chi connectivity index (χ4n) is 0.311. The summed E-state index contributed by atoms with van der Waals surface area (Å²) in [5.41, 5.74) is 4.88. The smallest absolute Gasteiger partial charge is 0.325 e. The first kappa shape index (κ1) is 7.55. The third-order valence-electron chi connectivity index (χ3n) is 0.818. The Kier molecular flexibility index (Phi) is 3.34. The fraction of sp³-hybridized carbons (Fsp3) is 0.750. The van der Waals surface area contributed by atoms with Crippen molar-refractivity contribution in [3.05, 3.63) is 5.21 Å². The number of carbonyl (C=O) groups excluding carboxylic acids is 1. The molecule has 0 radical (unpaired) electrons. The minimum atomic E-state index is -0.479. The number of hydrogen-bond acceptors (Lipinski definition) is 3. The number of carbonyl (C=O) groups is 1. The van der Waals surface area contributed by atoms with E-state index in [0.717, 1.165) is 0 Å². The van der Waals surface area contributed by atoms with Crippen LogP contribution in [0.3, 0.4) is 0 Å². The van der Waals surface area contributed by atoms with Crippen LogP contribution in [0.1, 0.15) is 6.92 Å². The van der Waals surface area contributed by atoms with Crippen LogP contribution < -0.4 is 10.8 Å². The van der Waals surface area contributed by atoms with E-state index >= 15 is 0 Å². The van der Waals surface area contributed by atoms with Gasteiger partial charge in [-0.25, -0.2) is 4.79 Å². The van der Waals surface area contributed by atoms with E-state index in [-0.39, 0.29) is 18.2 Å². The quantitative estimate of drug-likeness (QED) is 0.407. The van der Waals surface area contributed by atoms with Gasteiger partial charge in [-0.05, 0) is 6.92 Å². The lowest BCUT2D eigenvalue weighted by atomic mass is 10.6. The van der Waals surface area contributed by atoms with Crippen molar-refractivity contribution >= 4 is 5.91 Å². The van der Waals surface area contributed by atoms with Crippen molar-refractivity contribution in [2.45, 2.75) is 6.92 Å². The third-order valence-corrected chi connectivity index (χ3v) is 0.818. The van der Waals surface area contributed by atoms with E-state index in [0.29, 0.717) is 0 Å². The topological polar surface area (TPSA) is 70.6 Å². The van der Waals surface area contributed by atoms with E-state index in [1.807, 2.05) is 0 Å². The average Bonchev–Trinajstić information content (AvgIpc) is 1.84. The van der Waals surface area contributed by atoms with E-state index < -0.39 is 5.91 Å². The molecule has 0 aromatic heterocycles. The summed E-state index contributed by atoms with van der Waals surface area (Å²) in [5.74, 6) is -0.479. The number of hydrogen-bond donors (Lipinski definition) is 2. The fourth-order valence-corrected chi connectivity index (χ4v) is 0.311. The summed E-state index contributed by atoms with van der Waals surface area (Å²) in [5, 5.41) is 9.93. The van der Waals surface area contributed by atoms with Gasteiger partial charge in [0.1, 0.15) is 6.54 Å². The van der Waals surface area contributed by atoms with Crippen LogP contribution in [0.5, 0.6) is 0 Å². The lowest BCUT2D eigenvalue weighted by Crippen LogP contribution is -3.10. The number of quaternary nitrogens is 1. The Balaban J connectivity index is 3.46. The minimum absolute atomic E-state index is 0.160. The molecule has 1 unspecified atom stereocenters. The van der Waals surface area contributed by atoms with Gasteiger partial charge in [0.25, 0.3) is 0 Å². The van der Waals surface area contributed by atoms with Crippen molar-refractivity contribution in [1.29, 1.82) is 0 Å². The Morgan fingerprint density at radius 3 is 2.50 bits per heavy atom. The molecular weight excluding hydrogens is 108 g/mol. The molecule has 0 saturated heterocycles. The molecule has 3 N–H and O–H groups in total. The van der Waals surface area contributed by atoms with Crippen molar-refractivity contribution in [2.24, 2.45) is 5.73 Å². The maximum absolute atomic E-state index is 10.3. The van der Waals surface area contributed by atoms with Crippen molar-refractivity contribution < 1.29 is 9.86 Å². The van der Waals surface area contributed by atoms with Gasteiger partial charge in [0.15, 0.2) is 0 Å². The highest BCUT2D eigenvalue weighted by atomic mass is 16.5. The third kappa shape index (κ3) is 2.02. The second-order valence-corrected chi connectivity index (χ2v) is 1.40. The van der Waals surface area contributed by atoms with Gasteiger partial charge in [0, 0.05) is 0 Å². The molecule has 4 nitrogen and oxygen atoms in total. The Morgan fingerprint density at radius 2 is 2.38 bits per heavy atom. The van der Waals surface area contributed by atoms with Crippen molar-refractivity contribution in [3.63, 3.8) is 0 Å². The van der Waals surface area contributed by atoms with Gasteiger partial charge in [-0.1, -0.05) is 0 Å². The minimum Gasteiger partial charge on any atom is -0.627 e. The molecule has 0 aliphatic rings. The highest BCUT2D eigenvalue weighted by Gasteiger charge is 2.02. The molecule has 4 heteroatoms. The van der Waals surface area contributed by atoms with Crippen LogP contribution in [-0.4, -0.2) is 19.0 Å². The summed E-state index contributed by atoms with van der Waals surface area (Å²) in [6.07, 6.45) is 0. The van der Waals surface area contributed by atoms with Crippen LogP contribution in [0.4, 0.5) is 0 Å². The zero-order valence-electron chi connectivity index (χ0n) is 4.81. The Bertz CT molecular complexity index is 84.1. The molecule has 0 saturated carbocycles. The molecule has 1 amide bonds. The predicted octanol–water partition coefficient (Wildman–Crippen LogP) is -2.13. The Hall–Kier alpha value is -0.450. The molecule has 1 atom stereocenters.